The van der Waals surface area contributed by atoms with Crippen molar-refractivity contribution in [3.05, 3.63) is 0 Å². The lowest BCUT2D eigenvalue weighted by molar-refractivity contribution is -0.141. The highest BCUT2D eigenvalue weighted by Gasteiger charge is 2.33. The maximum Gasteiger partial charge on any atom is 0.326 e. The van der Waals surface area contributed by atoms with Gasteiger partial charge in [0.1, 0.15) is 6.04 Å². The van der Waals surface area contributed by atoms with Crippen molar-refractivity contribution in [1.82, 2.24) is 15.1 Å². The van der Waals surface area contributed by atoms with Crippen LogP contribution in [-0.2, 0) is 4.79 Å². The molecule has 6 nitrogen and oxygen atoms in total. The van der Waals surface area contributed by atoms with Crippen molar-refractivity contribution < 1.29 is 14.7 Å². The van der Waals surface area contributed by atoms with E-state index in [-0.39, 0.29) is 6.03 Å². The molecule has 2 aliphatic rings. The molecule has 6 heteroatoms. The van der Waals surface area contributed by atoms with Crippen LogP contribution in [0.4, 0.5) is 4.79 Å². The molecule has 1 aliphatic heterocycles. The summed E-state index contributed by atoms with van der Waals surface area (Å²) >= 11 is 0. The van der Waals surface area contributed by atoms with Crippen LogP contribution >= 0.6 is 0 Å². The van der Waals surface area contributed by atoms with Gasteiger partial charge in [-0.15, -0.1) is 0 Å². The van der Waals surface area contributed by atoms with Gasteiger partial charge in [-0.05, 0) is 32.7 Å². The number of urea groups is 1. The molecule has 0 radical (unpaired) electrons. The van der Waals surface area contributed by atoms with Gasteiger partial charge in [-0.25, -0.2) is 9.59 Å². The Morgan fingerprint density at radius 1 is 1.39 bits per heavy atom. The zero-order valence-corrected chi connectivity index (χ0v) is 10.8. The molecule has 0 aromatic heterocycles. The zero-order valence-electron chi connectivity index (χ0n) is 10.8. The molecule has 2 rings (SSSR count). The third kappa shape index (κ3) is 3.13. The number of carboxylic acids is 1. The highest BCUT2D eigenvalue weighted by molar-refractivity contribution is 5.83. The first-order valence-electron chi connectivity index (χ1n) is 6.57. The summed E-state index contributed by atoms with van der Waals surface area (Å²) in [5.41, 5.74) is 0. The summed E-state index contributed by atoms with van der Waals surface area (Å²) in [5.74, 6) is -0.905. The molecule has 2 N–H and O–H groups in total. The smallest absolute Gasteiger partial charge is 0.326 e. The van der Waals surface area contributed by atoms with Crippen molar-refractivity contribution in [1.29, 1.82) is 0 Å². The minimum Gasteiger partial charge on any atom is -0.480 e. The van der Waals surface area contributed by atoms with Crippen LogP contribution in [0.15, 0.2) is 0 Å². The topological polar surface area (TPSA) is 72.9 Å². The van der Waals surface area contributed by atoms with Gasteiger partial charge in [-0.1, -0.05) is 0 Å². The lowest BCUT2D eigenvalue weighted by Crippen LogP contribution is -2.47. The third-order valence-corrected chi connectivity index (χ3v) is 3.71. The Labute approximate surface area is 107 Å². The average molecular weight is 255 g/mol. The van der Waals surface area contributed by atoms with Crippen LogP contribution in [0, 0.1) is 0 Å². The fourth-order valence-corrected chi connectivity index (χ4v) is 2.41. The second-order valence-electron chi connectivity index (χ2n) is 5.13. The highest BCUT2D eigenvalue weighted by atomic mass is 16.4. The van der Waals surface area contributed by atoms with Crippen LogP contribution in [0.25, 0.3) is 0 Å². The number of aliphatic carboxylic acids is 1. The molecule has 1 heterocycles. The maximum absolute atomic E-state index is 11.9. The SMILES string of the molecule is CN(CCNC(=O)N1CCC[C@@H]1C(=O)O)C1CC1. The number of rotatable bonds is 5. The summed E-state index contributed by atoms with van der Waals surface area (Å²) in [6, 6.07) is -0.212. The first-order chi connectivity index (χ1) is 8.59. The van der Waals surface area contributed by atoms with Crippen LogP contribution in [0.2, 0.25) is 0 Å². The molecule has 0 bridgehead atoms. The Morgan fingerprint density at radius 3 is 2.72 bits per heavy atom. The number of carboxylic acid groups (broad SMARTS) is 1. The van der Waals surface area contributed by atoms with Gasteiger partial charge < -0.3 is 20.2 Å². The van der Waals surface area contributed by atoms with E-state index in [0.29, 0.717) is 25.6 Å². The molecule has 1 saturated carbocycles. The molecule has 0 unspecified atom stereocenters. The van der Waals surface area contributed by atoms with E-state index in [1.807, 2.05) is 0 Å². The van der Waals surface area contributed by atoms with Gasteiger partial charge in [-0.3, -0.25) is 0 Å². The number of nitrogens with zero attached hydrogens (tertiary/aromatic N) is 2. The number of hydrogen-bond donors (Lipinski definition) is 2. The summed E-state index contributed by atoms with van der Waals surface area (Å²) in [6.45, 7) is 1.94. The zero-order chi connectivity index (χ0) is 13.1. The summed E-state index contributed by atoms with van der Waals surface area (Å²) < 4.78 is 0. The van der Waals surface area contributed by atoms with E-state index in [0.717, 1.165) is 13.0 Å². The Balaban J connectivity index is 1.71. The second-order valence-corrected chi connectivity index (χ2v) is 5.13. The Morgan fingerprint density at radius 2 is 2.11 bits per heavy atom. The molecule has 2 amide bonds. The van der Waals surface area contributed by atoms with Gasteiger partial charge >= 0.3 is 12.0 Å². The molecular formula is C12H21N3O3. The fourth-order valence-electron chi connectivity index (χ4n) is 2.41. The van der Waals surface area contributed by atoms with Crippen LogP contribution in [0.5, 0.6) is 0 Å². The normalized spacial score (nSPS) is 23.4. The number of amides is 2. The lowest BCUT2D eigenvalue weighted by Gasteiger charge is -2.23. The van der Waals surface area contributed by atoms with Crippen molar-refractivity contribution in [2.75, 3.05) is 26.7 Å². The number of nitrogens with one attached hydrogen (secondary N) is 1. The van der Waals surface area contributed by atoms with E-state index in [2.05, 4.69) is 17.3 Å². The molecule has 1 atom stereocenters. The molecule has 18 heavy (non-hydrogen) atoms. The van der Waals surface area contributed by atoms with Crippen LogP contribution in [0.1, 0.15) is 25.7 Å². The Bertz CT molecular complexity index is 331. The van der Waals surface area contributed by atoms with Gasteiger partial charge in [0.05, 0.1) is 0 Å². The van der Waals surface area contributed by atoms with E-state index in [1.165, 1.54) is 17.7 Å². The maximum atomic E-state index is 11.9. The second kappa shape index (κ2) is 5.56. The predicted molar refractivity (Wildman–Crippen MR) is 66.4 cm³/mol. The van der Waals surface area contributed by atoms with Crippen LogP contribution in [0.3, 0.4) is 0 Å². The van der Waals surface area contributed by atoms with E-state index in [4.69, 9.17) is 5.11 Å². The minimum absolute atomic E-state index is 0.246. The lowest BCUT2D eigenvalue weighted by atomic mass is 10.2. The molecular weight excluding hydrogens is 234 g/mol. The quantitative estimate of drug-likeness (QED) is 0.743. The molecule has 1 saturated heterocycles. The van der Waals surface area contributed by atoms with Crippen molar-refractivity contribution in [2.24, 2.45) is 0 Å². The first kappa shape index (κ1) is 13.1. The molecule has 2 fully saturated rings. The van der Waals surface area contributed by atoms with Crippen molar-refractivity contribution >= 4 is 12.0 Å². The largest absolute Gasteiger partial charge is 0.480 e. The van der Waals surface area contributed by atoms with E-state index >= 15 is 0 Å². The average Bonchev–Trinajstić information content (AvgIpc) is 3.05. The molecule has 0 spiro atoms. The van der Waals surface area contributed by atoms with Crippen molar-refractivity contribution in [3.8, 4) is 0 Å². The minimum atomic E-state index is -0.905. The van der Waals surface area contributed by atoms with Gasteiger partial charge in [0, 0.05) is 25.7 Å². The van der Waals surface area contributed by atoms with E-state index in [9.17, 15) is 9.59 Å². The first-order valence-corrected chi connectivity index (χ1v) is 6.57. The molecule has 102 valence electrons. The van der Waals surface area contributed by atoms with Gasteiger partial charge in [0.25, 0.3) is 0 Å². The Kier molecular flexibility index (Phi) is 4.06. The number of carbonyl (C=O) groups is 2. The fraction of sp³-hybridized carbons (Fsp3) is 0.833. The Hall–Kier alpha value is -1.30. The molecule has 1 aliphatic carbocycles. The third-order valence-electron chi connectivity index (χ3n) is 3.71. The highest BCUT2D eigenvalue weighted by Crippen LogP contribution is 2.24. The van der Waals surface area contributed by atoms with Crippen molar-refractivity contribution in [2.45, 2.75) is 37.8 Å². The van der Waals surface area contributed by atoms with Crippen LogP contribution in [-0.4, -0.2) is 65.7 Å². The van der Waals surface area contributed by atoms with Gasteiger partial charge in [-0.2, -0.15) is 0 Å². The standard InChI is InChI=1S/C12H21N3O3/c1-14(9-4-5-9)8-6-13-12(18)15-7-2-3-10(15)11(16)17/h9-10H,2-8H2,1H3,(H,13,18)(H,16,17)/t10-/m1/s1. The molecule has 0 aromatic rings. The monoisotopic (exact) mass is 255 g/mol. The van der Waals surface area contributed by atoms with Gasteiger partial charge in [0.15, 0.2) is 0 Å². The summed E-state index contributed by atoms with van der Waals surface area (Å²) in [4.78, 5) is 26.5. The number of carbonyl (C=O) groups excluding carboxylic acids is 1. The summed E-state index contributed by atoms with van der Waals surface area (Å²) in [5, 5.41) is 11.8. The van der Waals surface area contributed by atoms with Crippen LogP contribution < -0.4 is 5.32 Å². The number of hydrogen-bond acceptors (Lipinski definition) is 3. The summed E-state index contributed by atoms with van der Waals surface area (Å²) in [7, 11) is 2.06. The summed E-state index contributed by atoms with van der Waals surface area (Å²) in [6.07, 6.45) is 3.83. The van der Waals surface area contributed by atoms with E-state index < -0.39 is 12.0 Å². The predicted octanol–water partition coefficient (Wildman–Crippen LogP) is 0.339. The number of likely N-dealkylation sites (N-methyl/N-ethyl adjacent to an activating group) is 1. The van der Waals surface area contributed by atoms with Gasteiger partial charge in [0.2, 0.25) is 0 Å². The molecule has 0 aromatic carbocycles. The van der Waals surface area contributed by atoms with Crippen molar-refractivity contribution in [3.63, 3.8) is 0 Å². The van der Waals surface area contributed by atoms with E-state index in [1.54, 1.807) is 0 Å². The number of likely N-dealkylation sites (tertiary alicyclic amines) is 1.